The summed E-state index contributed by atoms with van der Waals surface area (Å²) in [5.41, 5.74) is 2.17. The standard InChI is InChI=1S/C12H10N2O.C6H10O3/c1-9-3-5-11(6-4-9)7-8-12-13-10(2)15-14-12;1-3-6(7)9-5-4-8-2/h3-6H,1-2H3;3H,1,4-5H2,2H3. The van der Waals surface area contributed by atoms with Crippen molar-refractivity contribution in [2.75, 3.05) is 20.3 Å². The van der Waals surface area contributed by atoms with Gasteiger partial charge in [0.05, 0.1) is 6.61 Å². The molecule has 0 bridgehead atoms. The lowest BCUT2D eigenvalue weighted by molar-refractivity contribution is -0.138. The maximum Gasteiger partial charge on any atom is 0.330 e. The molecule has 2 rings (SSSR count). The Balaban J connectivity index is 0.000000277. The molecule has 0 amide bonds. The highest BCUT2D eigenvalue weighted by Crippen LogP contribution is 2.01. The van der Waals surface area contributed by atoms with Gasteiger partial charge in [0.1, 0.15) is 6.61 Å². The zero-order chi connectivity index (χ0) is 17.8. The molecule has 1 aromatic heterocycles. The molecule has 0 saturated carbocycles. The zero-order valence-electron chi connectivity index (χ0n) is 14.0. The fourth-order valence-corrected chi connectivity index (χ4v) is 1.40. The van der Waals surface area contributed by atoms with Crippen molar-refractivity contribution in [3.63, 3.8) is 0 Å². The van der Waals surface area contributed by atoms with E-state index in [1.165, 1.54) is 5.56 Å². The largest absolute Gasteiger partial charge is 0.460 e. The van der Waals surface area contributed by atoms with Gasteiger partial charge in [0, 0.05) is 25.7 Å². The van der Waals surface area contributed by atoms with Gasteiger partial charge >= 0.3 is 5.97 Å². The molecule has 0 N–H and O–H groups in total. The molecule has 1 heterocycles. The number of hydrogen-bond acceptors (Lipinski definition) is 6. The smallest absolute Gasteiger partial charge is 0.330 e. The Morgan fingerprint density at radius 1 is 1.25 bits per heavy atom. The van der Waals surface area contributed by atoms with Crippen molar-refractivity contribution in [3.8, 4) is 11.8 Å². The van der Waals surface area contributed by atoms with Crippen LogP contribution in [0.15, 0.2) is 41.4 Å². The zero-order valence-corrected chi connectivity index (χ0v) is 14.0. The van der Waals surface area contributed by atoms with Crippen molar-refractivity contribution >= 4 is 5.97 Å². The average molecular weight is 328 g/mol. The molecule has 126 valence electrons. The molecule has 0 aliphatic heterocycles. The maximum absolute atomic E-state index is 10.3. The summed E-state index contributed by atoms with van der Waals surface area (Å²) in [6.07, 6.45) is 1.12. The van der Waals surface area contributed by atoms with Gasteiger partial charge in [0.15, 0.2) is 0 Å². The number of methoxy groups -OCH3 is 1. The normalized spacial score (nSPS) is 9.12. The highest BCUT2D eigenvalue weighted by atomic mass is 16.6. The molecule has 1 aromatic carbocycles. The third-order valence-corrected chi connectivity index (χ3v) is 2.60. The van der Waals surface area contributed by atoms with E-state index in [-0.39, 0.29) is 0 Å². The van der Waals surface area contributed by atoms with Gasteiger partial charge in [-0.3, -0.25) is 0 Å². The molecule has 6 nitrogen and oxygen atoms in total. The average Bonchev–Trinajstić information content (AvgIpc) is 3.00. The first-order valence-corrected chi connectivity index (χ1v) is 7.22. The lowest BCUT2D eigenvalue weighted by atomic mass is 10.1. The number of aromatic nitrogens is 2. The Labute approximate surface area is 141 Å². The van der Waals surface area contributed by atoms with E-state index in [2.05, 4.69) is 38.0 Å². The second kappa shape index (κ2) is 10.8. The van der Waals surface area contributed by atoms with Gasteiger partial charge in [-0.25, -0.2) is 4.79 Å². The fourth-order valence-electron chi connectivity index (χ4n) is 1.40. The van der Waals surface area contributed by atoms with Crippen molar-refractivity contribution in [2.45, 2.75) is 13.8 Å². The number of rotatable bonds is 4. The number of hydrogen-bond donors (Lipinski definition) is 0. The molecule has 0 aliphatic rings. The van der Waals surface area contributed by atoms with Crippen LogP contribution in [0.3, 0.4) is 0 Å². The Morgan fingerprint density at radius 2 is 1.96 bits per heavy atom. The summed E-state index contributed by atoms with van der Waals surface area (Å²) in [4.78, 5) is 14.3. The number of aryl methyl sites for hydroxylation is 2. The van der Waals surface area contributed by atoms with Crippen LogP contribution in [0, 0.1) is 25.7 Å². The second-order valence-electron chi connectivity index (χ2n) is 4.62. The molecule has 24 heavy (non-hydrogen) atoms. The maximum atomic E-state index is 10.3. The first-order valence-electron chi connectivity index (χ1n) is 7.22. The Morgan fingerprint density at radius 3 is 2.50 bits per heavy atom. The van der Waals surface area contributed by atoms with E-state index >= 15 is 0 Å². The van der Waals surface area contributed by atoms with Crippen molar-refractivity contribution in [3.05, 3.63) is 59.8 Å². The van der Waals surface area contributed by atoms with Crippen LogP contribution >= 0.6 is 0 Å². The molecular formula is C18H20N2O4. The highest BCUT2D eigenvalue weighted by molar-refractivity contribution is 5.81. The van der Waals surface area contributed by atoms with Crippen LogP contribution in [0.25, 0.3) is 0 Å². The summed E-state index contributed by atoms with van der Waals surface area (Å²) < 4.78 is 14.0. The number of carbonyl (C=O) groups is 1. The minimum Gasteiger partial charge on any atom is -0.460 e. The number of carbonyl (C=O) groups excluding carboxylic acids is 1. The van der Waals surface area contributed by atoms with E-state index in [1.807, 2.05) is 31.2 Å². The molecule has 0 unspecified atom stereocenters. The Hall–Kier alpha value is -2.91. The summed E-state index contributed by atoms with van der Waals surface area (Å²) in [6, 6.07) is 7.97. The third kappa shape index (κ3) is 7.92. The van der Waals surface area contributed by atoms with Crippen LogP contribution in [0.5, 0.6) is 0 Å². The van der Waals surface area contributed by atoms with Crippen molar-refractivity contribution in [2.24, 2.45) is 0 Å². The quantitative estimate of drug-likeness (QED) is 0.371. The number of benzene rings is 1. The van der Waals surface area contributed by atoms with Gasteiger partial charge in [0.2, 0.25) is 11.7 Å². The van der Waals surface area contributed by atoms with Gasteiger partial charge in [-0.15, -0.1) is 0 Å². The van der Waals surface area contributed by atoms with E-state index in [0.717, 1.165) is 11.6 Å². The van der Waals surface area contributed by atoms with Crippen LogP contribution in [-0.4, -0.2) is 36.4 Å². The molecule has 0 spiro atoms. The SMILES string of the molecule is C=CC(=O)OCCOC.Cc1ccc(C#Cc2noc(C)n2)cc1. The van der Waals surface area contributed by atoms with Gasteiger partial charge in [-0.05, 0) is 30.1 Å². The molecule has 6 heteroatoms. The molecule has 0 fully saturated rings. The van der Waals surface area contributed by atoms with Crippen molar-refractivity contribution in [1.29, 1.82) is 0 Å². The van der Waals surface area contributed by atoms with Crippen LogP contribution in [0.1, 0.15) is 22.8 Å². The summed E-state index contributed by atoms with van der Waals surface area (Å²) in [7, 11) is 1.54. The summed E-state index contributed by atoms with van der Waals surface area (Å²) in [5, 5.41) is 3.69. The van der Waals surface area contributed by atoms with E-state index in [4.69, 9.17) is 4.52 Å². The lowest BCUT2D eigenvalue weighted by Gasteiger charge is -1.98. The first-order chi connectivity index (χ1) is 11.5. The topological polar surface area (TPSA) is 74.5 Å². The van der Waals surface area contributed by atoms with Gasteiger partial charge < -0.3 is 14.0 Å². The first kappa shape index (κ1) is 19.1. The summed E-state index contributed by atoms with van der Waals surface area (Å²) in [5.74, 6) is 6.35. The number of ether oxygens (including phenoxy) is 2. The summed E-state index contributed by atoms with van der Waals surface area (Å²) in [6.45, 7) is 7.73. The predicted molar refractivity (Wildman–Crippen MR) is 89.2 cm³/mol. The van der Waals surface area contributed by atoms with Crippen LogP contribution in [0.2, 0.25) is 0 Å². The minimum absolute atomic E-state index is 0.293. The van der Waals surface area contributed by atoms with E-state index in [9.17, 15) is 4.79 Å². The fraction of sp³-hybridized carbons (Fsp3) is 0.278. The van der Waals surface area contributed by atoms with Gasteiger partial charge in [0.25, 0.3) is 0 Å². The van der Waals surface area contributed by atoms with Crippen molar-refractivity contribution < 1.29 is 18.8 Å². The molecule has 2 aromatic rings. The van der Waals surface area contributed by atoms with E-state index in [0.29, 0.717) is 24.9 Å². The van der Waals surface area contributed by atoms with Gasteiger partial charge in [-0.1, -0.05) is 30.2 Å². The monoisotopic (exact) mass is 328 g/mol. The van der Waals surface area contributed by atoms with Crippen molar-refractivity contribution in [1.82, 2.24) is 10.1 Å². The third-order valence-electron chi connectivity index (χ3n) is 2.60. The second-order valence-corrected chi connectivity index (χ2v) is 4.62. The minimum atomic E-state index is -0.410. The highest BCUT2D eigenvalue weighted by Gasteiger charge is 1.95. The van der Waals surface area contributed by atoms with Crippen LogP contribution in [0.4, 0.5) is 0 Å². The number of nitrogens with zero attached hydrogens (tertiary/aromatic N) is 2. The van der Waals surface area contributed by atoms with Crippen LogP contribution < -0.4 is 0 Å². The summed E-state index contributed by atoms with van der Waals surface area (Å²) >= 11 is 0. The predicted octanol–water partition coefficient (Wildman–Crippen LogP) is 2.45. The van der Waals surface area contributed by atoms with Crippen LogP contribution in [-0.2, 0) is 14.3 Å². The van der Waals surface area contributed by atoms with E-state index < -0.39 is 5.97 Å². The van der Waals surface area contributed by atoms with E-state index in [1.54, 1.807) is 14.0 Å². The molecule has 0 radical (unpaired) electrons. The number of esters is 1. The van der Waals surface area contributed by atoms with Gasteiger partial charge in [-0.2, -0.15) is 4.98 Å². The molecule has 0 aliphatic carbocycles. The molecular weight excluding hydrogens is 308 g/mol. The Bertz CT molecular complexity index is 709. The lowest BCUT2D eigenvalue weighted by Crippen LogP contribution is -2.06. The molecule has 0 atom stereocenters. The molecule has 0 saturated heterocycles. The Kier molecular flexibility index (Phi) is 8.58.